The Labute approximate surface area is 161 Å². The van der Waals surface area contributed by atoms with Gasteiger partial charge in [0.15, 0.2) is 5.96 Å². The molecule has 0 spiro atoms. The van der Waals surface area contributed by atoms with E-state index in [0.717, 1.165) is 25.5 Å². The van der Waals surface area contributed by atoms with E-state index in [1.807, 2.05) is 13.0 Å². The van der Waals surface area contributed by atoms with Gasteiger partial charge < -0.3 is 16.0 Å². The molecule has 2 rings (SSSR count). The van der Waals surface area contributed by atoms with Gasteiger partial charge in [-0.2, -0.15) is 0 Å². The normalized spacial score (nSPS) is 14.5. The van der Waals surface area contributed by atoms with Crippen molar-refractivity contribution in [2.75, 3.05) is 26.2 Å². The largest absolute Gasteiger partial charge is 0.357 e. The summed E-state index contributed by atoms with van der Waals surface area (Å²) in [6, 6.07) is 7.04. The van der Waals surface area contributed by atoms with Crippen LogP contribution < -0.4 is 16.0 Å². The summed E-state index contributed by atoms with van der Waals surface area (Å²) >= 11 is 6.03. The highest BCUT2D eigenvalue weighted by Gasteiger charge is 2.08. The van der Waals surface area contributed by atoms with Crippen LogP contribution in [0.4, 0.5) is 0 Å². The number of amides is 1. The Kier molecular flexibility index (Phi) is 9.04. The second kappa shape index (κ2) is 11.6. The van der Waals surface area contributed by atoms with Crippen LogP contribution >= 0.6 is 11.6 Å². The molecule has 26 heavy (non-hydrogen) atoms. The van der Waals surface area contributed by atoms with E-state index in [4.69, 9.17) is 11.6 Å². The zero-order valence-electron chi connectivity index (χ0n) is 15.5. The first-order chi connectivity index (χ1) is 12.7. The number of carbonyl (C=O) groups is 1. The van der Waals surface area contributed by atoms with Crippen LogP contribution in [0.2, 0.25) is 5.02 Å². The van der Waals surface area contributed by atoms with Crippen molar-refractivity contribution in [3.05, 3.63) is 46.5 Å². The molecular weight excluding hydrogens is 348 g/mol. The fourth-order valence-corrected chi connectivity index (χ4v) is 3.10. The minimum Gasteiger partial charge on any atom is -0.357 e. The first-order valence-electron chi connectivity index (χ1n) is 9.43. The number of carbonyl (C=O) groups excluding carboxylic acids is 1. The van der Waals surface area contributed by atoms with Crippen LogP contribution in [0.5, 0.6) is 0 Å². The van der Waals surface area contributed by atoms with Gasteiger partial charge in [-0.05, 0) is 51.2 Å². The summed E-state index contributed by atoms with van der Waals surface area (Å²) in [6.07, 6.45) is 8.44. The quantitative estimate of drug-likeness (QED) is 0.281. The van der Waals surface area contributed by atoms with Gasteiger partial charge in [0.25, 0.3) is 5.91 Å². The summed E-state index contributed by atoms with van der Waals surface area (Å²) in [5, 5.41) is 9.82. The summed E-state index contributed by atoms with van der Waals surface area (Å²) in [5.41, 5.74) is 2.03. The van der Waals surface area contributed by atoms with E-state index >= 15 is 0 Å². The Morgan fingerprint density at radius 1 is 1.15 bits per heavy atom. The molecule has 0 aromatic heterocycles. The Morgan fingerprint density at radius 2 is 1.96 bits per heavy atom. The summed E-state index contributed by atoms with van der Waals surface area (Å²) in [4.78, 5) is 16.7. The topological polar surface area (TPSA) is 65.5 Å². The Hall–Kier alpha value is -2.01. The van der Waals surface area contributed by atoms with E-state index in [9.17, 15) is 4.79 Å². The first-order valence-corrected chi connectivity index (χ1v) is 9.81. The van der Waals surface area contributed by atoms with Gasteiger partial charge in [-0.3, -0.25) is 9.79 Å². The number of halogens is 1. The third kappa shape index (κ3) is 7.08. The molecular formula is C20H29ClN4O. The Morgan fingerprint density at radius 3 is 2.69 bits per heavy atom. The predicted molar refractivity (Wildman–Crippen MR) is 109 cm³/mol. The lowest BCUT2D eigenvalue weighted by Gasteiger charge is -2.14. The lowest BCUT2D eigenvalue weighted by atomic mass is 9.97. The van der Waals surface area contributed by atoms with Crippen LogP contribution in [0.15, 0.2) is 40.9 Å². The molecule has 0 heterocycles. The van der Waals surface area contributed by atoms with Crippen molar-refractivity contribution in [1.29, 1.82) is 0 Å². The third-order valence-electron chi connectivity index (χ3n) is 4.25. The number of guanidine groups is 1. The summed E-state index contributed by atoms with van der Waals surface area (Å²) in [6.45, 7) is 4.73. The lowest BCUT2D eigenvalue weighted by molar-refractivity contribution is 0.0954. The number of nitrogens with zero attached hydrogens (tertiary/aromatic N) is 1. The van der Waals surface area contributed by atoms with Crippen molar-refractivity contribution >= 4 is 23.5 Å². The number of nitrogens with one attached hydrogen (secondary N) is 3. The predicted octanol–water partition coefficient (Wildman–Crippen LogP) is 3.52. The van der Waals surface area contributed by atoms with Gasteiger partial charge in [0, 0.05) is 26.2 Å². The summed E-state index contributed by atoms with van der Waals surface area (Å²) in [5.74, 6) is 0.625. The van der Waals surface area contributed by atoms with Crippen molar-refractivity contribution in [1.82, 2.24) is 16.0 Å². The van der Waals surface area contributed by atoms with Crippen molar-refractivity contribution < 1.29 is 4.79 Å². The van der Waals surface area contributed by atoms with Gasteiger partial charge in [-0.15, -0.1) is 0 Å². The van der Waals surface area contributed by atoms with E-state index in [1.54, 1.807) is 18.2 Å². The van der Waals surface area contributed by atoms with Crippen LogP contribution in [0.1, 0.15) is 49.4 Å². The second-order valence-electron chi connectivity index (χ2n) is 6.28. The second-order valence-corrected chi connectivity index (χ2v) is 6.69. The van der Waals surface area contributed by atoms with Crippen molar-refractivity contribution in [3.63, 3.8) is 0 Å². The maximum atomic E-state index is 12.1. The van der Waals surface area contributed by atoms with Gasteiger partial charge in [0.05, 0.1) is 10.6 Å². The summed E-state index contributed by atoms with van der Waals surface area (Å²) in [7, 11) is 0. The fourth-order valence-electron chi connectivity index (χ4n) is 2.88. The fraction of sp³-hybridized carbons (Fsp3) is 0.500. The third-order valence-corrected chi connectivity index (χ3v) is 4.58. The molecule has 0 unspecified atom stereocenters. The molecule has 5 nitrogen and oxygen atoms in total. The van der Waals surface area contributed by atoms with E-state index in [0.29, 0.717) is 23.7 Å². The molecule has 1 aromatic rings. The van der Waals surface area contributed by atoms with Gasteiger partial charge in [-0.1, -0.05) is 35.4 Å². The Bertz CT molecular complexity index is 642. The van der Waals surface area contributed by atoms with E-state index in [1.165, 1.54) is 31.3 Å². The molecule has 6 heteroatoms. The van der Waals surface area contributed by atoms with Crippen LogP contribution in [-0.2, 0) is 0 Å². The number of hydrogen-bond donors (Lipinski definition) is 3. The minimum absolute atomic E-state index is 0.163. The molecule has 0 radical (unpaired) electrons. The summed E-state index contributed by atoms with van der Waals surface area (Å²) < 4.78 is 0. The molecule has 0 bridgehead atoms. The van der Waals surface area contributed by atoms with Crippen LogP contribution in [-0.4, -0.2) is 38.0 Å². The molecule has 0 atom stereocenters. The molecule has 0 saturated carbocycles. The monoisotopic (exact) mass is 376 g/mol. The maximum absolute atomic E-state index is 12.1. The molecule has 1 aromatic carbocycles. The highest BCUT2D eigenvalue weighted by Crippen LogP contribution is 2.19. The van der Waals surface area contributed by atoms with Crippen molar-refractivity contribution in [2.24, 2.45) is 4.99 Å². The van der Waals surface area contributed by atoms with Crippen LogP contribution in [0.3, 0.4) is 0 Å². The number of allylic oxidation sites excluding steroid dienone is 1. The number of hydrogen-bond acceptors (Lipinski definition) is 2. The average Bonchev–Trinajstić information content (AvgIpc) is 2.66. The van der Waals surface area contributed by atoms with Gasteiger partial charge in [0.2, 0.25) is 0 Å². The maximum Gasteiger partial charge on any atom is 0.252 e. The van der Waals surface area contributed by atoms with E-state index in [-0.39, 0.29) is 5.91 Å². The first kappa shape index (κ1) is 20.3. The highest BCUT2D eigenvalue weighted by molar-refractivity contribution is 6.33. The highest BCUT2D eigenvalue weighted by atomic mass is 35.5. The minimum atomic E-state index is -0.163. The SMILES string of the molecule is CCNC(=NCCC1=CCCCC1)NCCNC(=O)c1ccccc1Cl. The standard InChI is InChI=1S/C20H29ClN4O/c1-2-22-20(24-13-12-16-8-4-3-5-9-16)25-15-14-23-19(26)17-10-6-7-11-18(17)21/h6-8,10-11H,2-5,9,12-15H2,1H3,(H,23,26)(H2,22,24,25). The number of benzene rings is 1. The van der Waals surface area contributed by atoms with Gasteiger partial charge in [-0.25, -0.2) is 0 Å². The van der Waals surface area contributed by atoms with Gasteiger partial charge >= 0.3 is 0 Å². The molecule has 1 aliphatic carbocycles. The zero-order valence-corrected chi connectivity index (χ0v) is 16.2. The number of aliphatic imine (C=N–C) groups is 1. The molecule has 0 saturated heterocycles. The molecule has 0 fully saturated rings. The molecule has 0 aliphatic heterocycles. The molecule has 3 N–H and O–H groups in total. The lowest BCUT2D eigenvalue weighted by Crippen LogP contribution is -2.41. The zero-order chi connectivity index (χ0) is 18.6. The smallest absolute Gasteiger partial charge is 0.252 e. The molecule has 1 aliphatic rings. The van der Waals surface area contributed by atoms with Crippen molar-refractivity contribution in [3.8, 4) is 0 Å². The van der Waals surface area contributed by atoms with Gasteiger partial charge in [0.1, 0.15) is 0 Å². The van der Waals surface area contributed by atoms with E-state index < -0.39 is 0 Å². The molecule has 142 valence electrons. The van der Waals surface area contributed by atoms with Crippen molar-refractivity contribution in [2.45, 2.75) is 39.0 Å². The van der Waals surface area contributed by atoms with Crippen LogP contribution in [0.25, 0.3) is 0 Å². The molecule has 1 amide bonds. The van der Waals surface area contributed by atoms with E-state index in [2.05, 4.69) is 27.0 Å². The Balaban J connectivity index is 1.72. The average molecular weight is 377 g/mol. The number of rotatable bonds is 8. The van der Waals surface area contributed by atoms with Crippen LogP contribution in [0, 0.1) is 0 Å².